The van der Waals surface area contributed by atoms with Crippen molar-refractivity contribution in [3.63, 3.8) is 0 Å². The van der Waals surface area contributed by atoms with Crippen LogP contribution in [0, 0.1) is 0 Å². The van der Waals surface area contributed by atoms with Crippen LogP contribution in [0.2, 0.25) is 0 Å². The average molecular weight is 305 g/mol. The Hall–Kier alpha value is -1.59. The Morgan fingerprint density at radius 1 is 1.14 bits per heavy atom. The minimum atomic E-state index is 0.144. The number of carbonyl (C=O) groups is 1. The maximum Gasteiger partial charge on any atom is 0.234 e. The number of rotatable bonds is 7. The molecule has 2 rings (SSSR count). The van der Waals surface area contributed by atoms with Gasteiger partial charge in [-0.15, -0.1) is 0 Å². The summed E-state index contributed by atoms with van der Waals surface area (Å²) in [6, 6.07) is 8.24. The minimum absolute atomic E-state index is 0.144. The fourth-order valence-corrected chi connectivity index (χ4v) is 2.62. The third kappa shape index (κ3) is 5.31. The van der Waals surface area contributed by atoms with E-state index in [0.717, 1.165) is 51.4 Å². The maximum absolute atomic E-state index is 11.7. The normalized spacial score (nSPS) is 16.5. The van der Waals surface area contributed by atoms with Gasteiger partial charge in [0.15, 0.2) is 0 Å². The summed E-state index contributed by atoms with van der Waals surface area (Å²) >= 11 is 0. The molecule has 22 heavy (non-hydrogen) atoms. The topological polar surface area (TPSA) is 44.8 Å². The van der Waals surface area contributed by atoms with Gasteiger partial charge in [-0.2, -0.15) is 0 Å². The first-order valence-electron chi connectivity index (χ1n) is 8.05. The van der Waals surface area contributed by atoms with Gasteiger partial charge < -0.3 is 10.1 Å². The first kappa shape index (κ1) is 16.8. The predicted octanol–water partition coefficient (Wildman–Crippen LogP) is 1.34. The number of nitrogens with one attached hydrogen (secondary N) is 1. The summed E-state index contributed by atoms with van der Waals surface area (Å²) in [6.07, 6.45) is 0.987. The molecule has 5 nitrogen and oxygen atoms in total. The summed E-state index contributed by atoms with van der Waals surface area (Å²) in [6.45, 7) is 8.25. The minimum Gasteiger partial charge on any atom is -0.497 e. The van der Waals surface area contributed by atoms with Crippen LogP contribution < -0.4 is 10.1 Å². The summed E-state index contributed by atoms with van der Waals surface area (Å²) in [7, 11) is 1.69. The molecule has 0 saturated carbocycles. The summed E-state index contributed by atoms with van der Waals surface area (Å²) in [5.41, 5.74) is 1.30. The van der Waals surface area contributed by atoms with Crippen molar-refractivity contribution in [2.24, 2.45) is 0 Å². The lowest BCUT2D eigenvalue weighted by atomic mass is 10.2. The van der Waals surface area contributed by atoms with Crippen molar-refractivity contribution in [1.29, 1.82) is 0 Å². The van der Waals surface area contributed by atoms with Crippen molar-refractivity contribution in [3.05, 3.63) is 29.8 Å². The molecule has 0 aromatic heterocycles. The zero-order valence-corrected chi connectivity index (χ0v) is 13.7. The maximum atomic E-state index is 11.7. The highest BCUT2D eigenvalue weighted by atomic mass is 16.5. The van der Waals surface area contributed by atoms with Gasteiger partial charge in [0.1, 0.15) is 5.75 Å². The molecule has 1 aliphatic rings. The molecular weight excluding hydrogens is 278 g/mol. The van der Waals surface area contributed by atoms with Crippen LogP contribution in [0.5, 0.6) is 5.75 Å². The first-order valence-corrected chi connectivity index (χ1v) is 8.05. The van der Waals surface area contributed by atoms with E-state index in [1.54, 1.807) is 7.11 Å². The Bertz CT molecular complexity index is 453. The van der Waals surface area contributed by atoms with Crippen LogP contribution in [0.3, 0.4) is 0 Å². The van der Waals surface area contributed by atoms with Gasteiger partial charge in [-0.25, -0.2) is 0 Å². The van der Waals surface area contributed by atoms with Crippen molar-refractivity contribution in [2.45, 2.75) is 19.9 Å². The highest BCUT2D eigenvalue weighted by Gasteiger charge is 2.18. The van der Waals surface area contributed by atoms with Crippen molar-refractivity contribution in [1.82, 2.24) is 15.1 Å². The van der Waals surface area contributed by atoms with E-state index in [1.165, 1.54) is 5.56 Å². The van der Waals surface area contributed by atoms with E-state index in [2.05, 4.69) is 34.2 Å². The van der Waals surface area contributed by atoms with Gasteiger partial charge in [0.25, 0.3) is 0 Å². The van der Waals surface area contributed by atoms with E-state index in [-0.39, 0.29) is 5.91 Å². The molecular formula is C17H27N3O2. The van der Waals surface area contributed by atoms with Gasteiger partial charge >= 0.3 is 0 Å². The Morgan fingerprint density at radius 2 is 1.77 bits per heavy atom. The van der Waals surface area contributed by atoms with Crippen molar-refractivity contribution < 1.29 is 9.53 Å². The standard InChI is InChI=1S/C17H27N3O2/c1-3-8-18-17(21)14-20-11-9-19(10-12-20)13-15-4-6-16(22-2)7-5-15/h4-7H,3,8-14H2,1-2H3,(H,18,21). The smallest absolute Gasteiger partial charge is 0.234 e. The fourth-order valence-electron chi connectivity index (χ4n) is 2.62. The second kappa shape index (κ2) is 8.76. The third-order valence-corrected chi connectivity index (χ3v) is 3.97. The molecule has 1 aromatic carbocycles. The van der Waals surface area contributed by atoms with Gasteiger partial charge in [-0.05, 0) is 24.1 Å². The number of amides is 1. The SMILES string of the molecule is CCCNC(=O)CN1CCN(Cc2ccc(OC)cc2)CC1. The van der Waals surface area contributed by atoms with E-state index >= 15 is 0 Å². The molecule has 1 saturated heterocycles. The molecule has 1 heterocycles. The van der Waals surface area contributed by atoms with Gasteiger partial charge in [-0.1, -0.05) is 19.1 Å². The Labute approximate surface area is 133 Å². The van der Waals surface area contributed by atoms with Crippen LogP contribution in [0.15, 0.2) is 24.3 Å². The quantitative estimate of drug-likeness (QED) is 0.826. The van der Waals surface area contributed by atoms with E-state index in [1.807, 2.05) is 12.1 Å². The van der Waals surface area contributed by atoms with Crippen molar-refractivity contribution in [3.8, 4) is 5.75 Å². The molecule has 0 aliphatic carbocycles. The zero-order valence-electron chi connectivity index (χ0n) is 13.7. The highest BCUT2D eigenvalue weighted by molar-refractivity contribution is 5.77. The van der Waals surface area contributed by atoms with Gasteiger partial charge in [-0.3, -0.25) is 14.6 Å². The fraction of sp³-hybridized carbons (Fsp3) is 0.588. The molecule has 0 unspecified atom stereocenters. The average Bonchev–Trinajstić information content (AvgIpc) is 2.55. The van der Waals surface area contributed by atoms with Crippen LogP contribution in [-0.2, 0) is 11.3 Å². The van der Waals surface area contributed by atoms with Gasteiger partial charge in [0, 0.05) is 39.3 Å². The number of methoxy groups -OCH3 is 1. The lowest BCUT2D eigenvalue weighted by Gasteiger charge is -2.34. The molecule has 0 spiro atoms. The third-order valence-electron chi connectivity index (χ3n) is 3.97. The zero-order chi connectivity index (χ0) is 15.8. The van der Waals surface area contributed by atoms with E-state index < -0.39 is 0 Å². The van der Waals surface area contributed by atoms with Crippen molar-refractivity contribution >= 4 is 5.91 Å². The van der Waals surface area contributed by atoms with Crippen LogP contribution in [0.25, 0.3) is 0 Å². The molecule has 122 valence electrons. The van der Waals surface area contributed by atoms with Crippen LogP contribution in [0.4, 0.5) is 0 Å². The molecule has 1 N–H and O–H groups in total. The molecule has 1 amide bonds. The second-order valence-electron chi connectivity index (χ2n) is 5.75. The number of hydrogen-bond acceptors (Lipinski definition) is 4. The molecule has 1 aromatic rings. The first-order chi connectivity index (χ1) is 10.7. The number of ether oxygens (including phenoxy) is 1. The van der Waals surface area contributed by atoms with E-state index in [9.17, 15) is 4.79 Å². The molecule has 0 bridgehead atoms. The van der Waals surface area contributed by atoms with Gasteiger partial charge in [0.2, 0.25) is 5.91 Å². The van der Waals surface area contributed by atoms with E-state index in [0.29, 0.717) is 6.54 Å². The summed E-state index contributed by atoms with van der Waals surface area (Å²) < 4.78 is 5.18. The number of piperazine rings is 1. The number of carbonyl (C=O) groups excluding carboxylic acids is 1. The second-order valence-corrected chi connectivity index (χ2v) is 5.75. The summed E-state index contributed by atoms with van der Waals surface area (Å²) in [5, 5.41) is 2.94. The van der Waals surface area contributed by atoms with Gasteiger partial charge in [0.05, 0.1) is 13.7 Å². The highest BCUT2D eigenvalue weighted by Crippen LogP contribution is 2.14. The lowest BCUT2D eigenvalue weighted by Crippen LogP contribution is -2.49. The van der Waals surface area contributed by atoms with Crippen LogP contribution in [0.1, 0.15) is 18.9 Å². The Kier molecular flexibility index (Phi) is 6.68. The van der Waals surface area contributed by atoms with Crippen LogP contribution in [-0.4, -0.2) is 62.1 Å². The van der Waals surface area contributed by atoms with Crippen molar-refractivity contribution in [2.75, 3.05) is 46.4 Å². The number of hydrogen-bond donors (Lipinski definition) is 1. The summed E-state index contributed by atoms with van der Waals surface area (Å²) in [5.74, 6) is 1.04. The lowest BCUT2D eigenvalue weighted by molar-refractivity contribution is -0.122. The molecule has 5 heteroatoms. The summed E-state index contributed by atoms with van der Waals surface area (Å²) in [4.78, 5) is 16.4. The predicted molar refractivity (Wildman–Crippen MR) is 88.0 cm³/mol. The number of nitrogens with zero attached hydrogens (tertiary/aromatic N) is 2. The Morgan fingerprint density at radius 3 is 2.36 bits per heavy atom. The monoisotopic (exact) mass is 305 g/mol. The molecule has 1 aliphatic heterocycles. The Balaban J connectivity index is 1.71. The molecule has 1 fully saturated rings. The largest absolute Gasteiger partial charge is 0.497 e. The number of benzene rings is 1. The molecule has 0 radical (unpaired) electrons. The van der Waals surface area contributed by atoms with Crippen LogP contribution >= 0.6 is 0 Å². The molecule has 0 atom stereocenters. The van der Waals surface area contributed by atoms with E-state index in [4.69, 9.17) is 4.74 Å².